The molecule has 0 bridgehead atoms. The smallest absolute Gasteiger partial charge is 0.267 e. The first kappa shape index (κ1) is 23.5. The minimum Gasteiger partial charge on any atom is -0.343 e. The predicted molar refractivity (Wildman–Crippen MR) is 133 cm³/mol. The Bertz CT molecular complexity index is 1280. The number of thiophene rings is 1. The third kappa shape index (κ3) is 4.44. The summed E-state index contributed by atoms with van der Waals surface area (Å²) in [7, 11) is 0. The molecule has 33 heavy (non-hydrogen) atoms. The number of nitrogens with zero attached hydrogens (tertiary/aromatic N) is 4. The highest BCUT2D eigenvalue weighted by atomic mass is 32.2. The maximum absolute atomic E-state index is 13.9. The van der Waals surface area contributed by atoms with Crippen molar-refractivity contribution < 1.29 is 9.59 Å². The van der Waals surface area contributed by atoms with Crippen LogP contribution in [0.15, 0.2) is 34.2 Å². The van der Waals surface area contributed by atoms with E-state index in [0.29, 0.717) is 48.0 Å². The predicted octanol–water partition coefficient (Wildman–Crippen LogP) is 3.62. The number of aryl methyl sites for hydroxylation is 1. The van der Waals surface area contributed by atoms with Gasteiger partial charge in [0, 0.05) is 31.4 Å². The number of aromatic nitrogens is 2. The van der Waals surface area contributed by atoms with E-state index in [4.69, 9.17) is 4.98 Å². The van der Waals surface area contributed by atoms with E-state index in [2.05, 4.69) is 0 Å². The van der Waals surface area contributed by atoms with Crippen molar-refractivity contribution >= 4 is 45.1 Å². The summed E-state index contributed by atoms with van der Waals surface area (Å²) < 4.78 is 1.65. The van der Waals surface area contributed by atoms with E-state index in [1.807, 2.05) is 45.0 Å². The third-order valence-corrected chi connectivity index (χ3v) is 8.12. The highest BCUT2D eigenvalue weighted by molar-refractivity contribution is 7.99. The molecule has 0 unspecified atom stereocenters. The van der Waals surface area contributed by atoms with E-state index in [0.717, 1.165) is 21.7 Å². The number of hydrogen-bond acceptors (Lipinski definition) is 6. The monoisotopic (exact) mass is 484 g/mol. The van der Waals surface area contributed by atoms with Crippen molar-refractivity contribution in [3.05, 3.63) is 50.6 Å². The van der Waals surface area contributed by atoms with Crippen LogP contribution < -0.4 is 5.56 Å². The minimum absolute atomic E-state index is 0.0262. The Balaban J connectivity index is 1.85. The Morgan fingerprint density at radius 2 is 1.94 bits per heavy atom. The minimum atomic E-state index is -0.110. The normalized spacial score (nSPS) is 13.3. The summed E-state index contributed by atoms with van der Waals surface area (Å²) in [4.78, 5) is 48.6. The van der Waals surface area contributed by atoms with Crippen LogP contribution in [0.3, 0.4) is 0 Å². The molecule has 1 aromatic carbocycles. The zero-order valence-electron chi connectivity index (χ0n) is 19.4. The Labute approximate surface area is 201 Å². The molecular weight excluding hydrogens is 456 g/mol. The molecular formula is C24H28N4O3S2. The average molecular weight is 485 g/mol. The molecule has 0 aliphatic carbocycles. The second-order valence-corrected chi connectivity index (χ2v) is 10.1. The highest BCUT2D eigenvalue weighted by Crippen LogP contribution is 2.34. The fourth-order valence-electron chi connectivity index (χ4n) is 4.21. The summed E-state index contributed by atoms with van der Waals surface area (Å²) in [6, 6.07) is 7.73. The molecule has 0 atom stereocenters. The van der Waals surface area contributed by atoms with Crippen molar-refractivity contribution in [3.63, 3.8) is 0 Å². The van der Waals surface area contributed by atoms with Crippen molar-refractivity contribution in [1.29, 1.82) is 0 Å². The van der Waals surface area contributed by atoms with E-state index in [1.54, 1.807) is 21.3 Å². The summed E-state index contributed by atoms with van der Waals surface area (Å²) in [5.74, 6) is 0.280. The number of benzene rings is 1. The van der Waals surface area contributed by atoms with Gasteiger partial charge in [-0.05, 0) is 44.4 Å². The van der Waals surface area contributed by atoms with Gasteiger partial charge in [0.25, 0.3) is 5.56 Å². The molecule has 4 rings (SSSR count). The van der Waals surface area contributed by atoms with Crippen LogP contribution in [0.25, 0.3) is 15.9 Å². The number of carbonyl (C=O) groups is 2. The maximum Gasteiger partial charge on any atom is 0.267 e. The summed E-state index contributed by atoms with van der Waals surface area (Å²) in [5.41, 5.74) is 2.63. The van der Waals surface area contributed by atoms with Gasteiger partial charge in [0.1, 0.15) is 4.83 Å². The molecule has 2 amide bonds. The van der Waals surface area contributed by atoms with Crippen molar-refractivity contribution in [2.24, 2.45) is 0 Å². The lowest BCUT2D eigenvalue weighted by Gasteiger charge is -2.25. The van der Waals surface area contributed by atoms with Gasteiger partial charge in [-0.25, -0.2) is 4.98 Å². The lowest BCUT2D eigenvalue weighted by molar-refractivity contribution is -0.130. The van der Waals surface area contributed by atoms with Crippen molar-refractivity contribution in [3.8, 4) is 5.69 Å². The molecule has 3 aromatic rings. The quantitative estimate of drug-likeness (QED) is 0.395. The number of amides is 2. The lowest BCUT2D eigenvalue weighted by Crippen LogP contribution is -2.34. The van der Waals surface area contributed by atoms with E-state index < -0.39 is 0 Å². The largest absolute Gasteiger partial charge is 0.343 e. The molecule has 0 saturated heterocycles. The van der Waals surface area contributed by atoms with Gasteiger partial charge in [0.2, 0.25) is 11.8 Å². The third-order valence-electron chi connectivity index (χ3n) is 6.09. The Morgan fingerprint density at radius 3 is 2.61 bits per heavy atom. The first-order valence-corrected chi connectivity index (χ1v) is 12.9. The summed E-state index contributed by atoms with van der Waals surface area (Å²) in [6.45, 7) is 9.87. The number of fused-ring (bicyclic) bond motifs is 3. The van der Waals surface area contributed by atoms with Gasteiger partial charge in [-0.15, -0.1) is 11.3 Å². The molecule has 7 nitrogen and oxygen atoms in total. The van der Waals surface area contributed by atoms with E-state index in [1.165, 1.54) is 23.1 Å². The molecule has 174 valence electrons. The van der Waals surface area contributed by atoms with Gasteiger partial charge in [-0.1, -0.05) is 30.0 Å². The number of rotatable bonds is 6. The number of para-hydroxylation sites is 1. The summed E-state index contributed by atoms with van der Waals surface area (Å²) in [6.07, 6.45) is 0.645. The number of carbonyl (C=O) groups excluding carboxylic acids is 2. The van der Waals surface area contributed by atoms with Crippen molar-refractivity contribution in [2.45, 2.75) is 45.8 Å². The zero-order chi connectivity index (χ0) is 23.7. The van der Waals surface area contributed by atoms with Crippen molar-refractivity contribution in [1.82, 2.24) is 19.4 Å². The highest BCUT2D eigenvalue weighted by Gasteiger charge is 2.27. The fourth-order valence-corrected chi connectivity index (χ4v) is 6.40. The molecule has 1 aliphatic heterocycles. The lowest BCUT2D eigenvalue weighted by atomic mass is 10.1. The molecule has 0 saturated carbocycles. The summed E-state index contributed by atoms with van der Waals surface area (Å²) >= 11 is 2.78. The van der Waals surface area contributed by atoms with Crippen LogP contribution in [0.2, 0.25) is 0 Å². The fraction of sp³-hybridized carbons (Fsp3) is 0.417. The molecule has 0 radical (unpaired) electrons. The van der Waals surface area contributed by atoms with Crippen LogP contribution >= 0.6 is 23.1 Å². The SMILES string of the molecule is CCN(CC)C(=O)CSc1nc2sc3c(c2c(=O)n1-c1ccccc1C)CCN(C(C)=O)C3. The van der Waals surface area contributed by atoms with Crippen LogP contribution in [0.5, 0.6) is 0 Å². The van der Waals surface area contributed by atoms with Gasteiger partial charge in [0.05, 0.1) is 23.4 Å². The number of hydrogen-bond donors (Lipinski definition) is 0. The summed E-state index contributed by atoms with van der Waals surface area (Å²) in [5, 5.41) is 1.16. The second-order valence-electron chi connectivity index (χ2n) is 8.05. The van der Waals surface area contributed by atoms with E-state index in [-0.39, 0.29) is 23.1 Å². The molecule has 3 heterocycles. The molecule has 0 fully saturated rings. The Kier molecular flexibility index (Phi) is 6.90. The molecule has 0 spiro atoms. The molecule has 0 N–H and O–H groups in total. The van der Waals surface area contributed by atoms with Gasteiger partial charge in [-0.2, -0.15) is 0 Å². The second kappa shape index (κ2) is 9.69. The Hall–Kier alpha value is -2.65. The standard InChI is InChI=1S/C24H28N4O3S2/c1-5-26(6-2)20(30)14-32-24-25-22-21(17-11-12-27(16(4)29)13-19(17)33-22)23(31)28(24)18-10-8-7-9-15(18)3/h7-10H,5-6,11-14H2,1-4H3. The van der Waals surface area contributed by atoms with Crippen molar-refractivity contribution in [2.75, 3.05) is 25.4 Å². The zero-order valence-corrected chi connectivity index (χ0v) is 21.0. The topological polar surface area (TPSA) is 75.5 Å². The van der Waals surface area contributed by atoms with Gasteiger partial charge >= 0.3 is 0 Å². The van der Waals surface area contributed by atoms with Crippen LogP contribution in [0.4, 0.5) is 0 Å². The van der Waals surface area contributed by atoms with Crippen LogP contribution in [0, 0.1) is 6.92 Å². The van der Waals surface area contributed by atoms with Gasteiger partial charge in [-0.3, -0.25) is 19.0 Å². The average Bonchev–Trinajstić information content (AvgIpc) is 3.17. The molecule has 1 aliphatic rings. The first-order chi connectivity index (χ1) is 15.8. The Morgan fingerprint density at radius 1 is 1.21 bits per heavy atom. The molecule has 9 heteroatoms. The van der Waals surface area contributed by atoms with E-state index >= 15 is 0 Å². The molecule has 2 aromatic heterocycles. The van der Waals surface area contributed by atoms with Crippen LogP contribution in [-0.4, -0.2) is 56.6 Å². The van der Waals surface area contributed by atoms with Crippen LogP contribution in [0.1, 0.15) is 36.8 Å². The maximum atomic E-state index is 13.9. The first-order valence-electron chi connectivity index (χ1n) is 11.1. The number of thioether (sulfide) groups is 1. The van der Waals surface area contributed by atoms with Gasteiger partial charge in [0.15, 0.2) is 5.16 Å². The van der Waals surface area contributed by atoms with Crippen LogP contribution in [-0.2, 0) is 22.6 Å². The van der Waals surface area contributed by atoms with Gasteiger partial charge < -0.3 is 9.80 Å². The van der Waals surface area contributed by atoms with E-state index in [9.17, 15) is 14.4 Å².